The van der Waals surface area contributed by atoms with Gasteiger partial charge in [-0.3, -0.25) is 4.90 Å². The normalized spacial score (nSPS) is 23.8. The van der Waals surface area contributed by atoms with Gasteiger partial charge in [0.25, 0.3) is 0 Å². The van der Waals surface area contributed by atoms with Gasteiger partial charge in [-0.15, -0.1) is 0 Å². The van der Waals surface area contributed by atoms with Crippen LogP contribution < -0.4 is 0 Å². The van der Waals surface area contributed by atoms with Crippen LogP contribution in [0.1, 0.15) is 48.8 Å². The molecule has 2 unspecified atom stereocenters. The van der Waals surface area contributed by atoms with Crippen LogP contribution in [0.5, 0.6) is 0 Å². The number of carbonyl (C=O) groups excluding carboxylic acids is 1. The number of nitriles is 1. The second-order valence-corrected chi connectivity index (χ2v) is 8.41. The highest BCUT2D eigenvalue weighted by Crippen LogP contribution is 2.48. The van der Waals surface area contributed by atoms with Gasteiger partial charge >= 0.3 is 6.09 Å². The standard InChI is InChI=1S/C25H24N2O2/c26-17-25(12-13-25)21-8-6-19(7-9-21)20-14-22-10-11-23(15-20)27(22)24(28)29-16-18-4-2-1-3-5-18/h1-9,14,22-23H,10-13,15-16H2. The predicted molar refractivity (Wildman–Crippen MR) is 111 cm³/mol. The molecular weight excluding hydrogens is 360 g/mol. The van der Waals surface area contributed by atoms with Gasteiger partial charge in [-0.05, 0) is 54.4 Å². The van der Waals surface area contributed by atoms with E-state index in [1.54, 1.807) is 0 Å². The lowest BCUT2D eigenvalue weighted by Gasteiger charge is -2.33. The molecule has 2 aromatic carbocycles. The third kappa shape index (κ3) is 3.31. The van der Waals surface area contributed by atoms with Crippen molar-refractivity contribution in [3.8, 4) is 6.07 Å². The number of benzene rings is 2. The average Bonchev–Trinajstić information content (AvgIpc) is 3.53. The summed E-state index contributed by atoms with van der Waals surface area (Å²) in [6, 6.07) is 21.1. The minimum atomic E-state index is -0.238. The van der Waals surface area contributed by atoms with E-state index in [2.05, 4.69) is 36.4 Å². The zero-order valence-electron chi connectivity index (χ0n) is 16.4. The number of rotatable bonds is 4. The summed E-state index contributed by atoms with van der Waals surface area (Å²) in [6.07, 6.45) is 6.83. The molecular formula is C25H24N2O2. The Morgan fingerprint density at radius 3 is 2.52 bits per heavy atom. The van der Waals surface area contributed by atoms with Gasteiger partial charge in [0.2, 0.25) is 0 Å². The van der Waals surface area contributed by atoms with Crippen LogP contribution in [-0.2, 0) is 16.8 Å². The van der Waals surface area contributed by atoms with Crippen LogP contribution >= 0.6 is 0 Å². The van der Waals surface area contributed by atoms with Crippen LogP contribution in [0, 0.1) is 11.3 Å². The Labute approximate surface area is 171 Å². The minimum absolute atomic E-state index is 0.112. The monoisotopic (exact) mass is 384 g/mol. The quantitative estimate of drug-likeness (QED) is 0.728. The second-order valence-electron chi connectivity index (χ2n) is 8.41. The summed E-state index contributed by atoms with van der Waals surface area (Å²) < 4.78 is 5.59. The largest absolute Gasteiger partial charge is 0.445 e. The number of nitrogens with zero attached hydrogens (tertiary/aromatic N) is 2. The molecule has 5 rings (SSSR count). The lowest BCUT2D eigenvalue weighted by Crippen LogP contribution is -2.43. The first kappa shape index (κ1) is 18.0. The Morgan fingerprint density at radius 2 is 1.86 bits per heavy atom. The highest BCUT2D eigenvalue weighted by molar-refractivity contribution is 5.75. The molecule has 2 fully saturated rings. The highest BCUT2D eigenvalue weighted by Gasteiger charge is 2.45. The molecule has 29 heavy (non-hydrogen) atoms. The molecule has 2 aliphatic heterocycles. The maximum Gasteiger partial charge on any atom is 0.410 e. The van der Waals surface area contributed by atoms with Crippen LogP contribution in [0.3, 0.4) is 0 Å². The number of ether oxygens (including phenoxy) is 1. The molecule has 2 atom stereocenters. The minimum Gasteiger partial charge on any atom is -0.445 e. The summed E-state index contributed by atoms with van der Waals surface area (Å²) in [4.78, 5) is 14.6. The summed E-state index contributed by atoms with van der Waals surface area (Å²) >= 11 is 0. The van der Waals surface area contributed by atoms with Crippen molar-refractivity contribution in [3.05, 3.63) is 77.4 Å². The van der Waals surface area contributed by atoms with E-state index in [1.807, 2.05) is 35.2 Å². The first-order valence-electron chi connectivity index (χ1n) is 10.4. The van der Waals surface area contributed by atoms with Crippen LogP contribution in [0.15, 0.2) is 60.7 Å². The number of carbonyl (C=O) groups is 1. The molecule has 1 amide bonds. The van der Waals surface area contributed by atoms with E-state index in [0.29, 0.717) is 6.61 Å². The van der Waals surface area contributed by atoms with Crippen molar-refractivity contribution in [1.82, 2.24) is 4.90 Å². The molecule has 1 aliphatic carbocycles. The van der Waals surface area contributed by atoms with Crippen molar-refractivity contribution < 1.29 is 9.53 Å². The van der Waals surface area contributed by atoms with Crippen LogP contribution in [0.4, 0.5) is 4.79 Å². The summed E-state index contributed by atoms with van der Waals surface area (Å²) in [5, 5.41) is 9.39. The van der Waals surface area contributed by atoms with E-state index in [0.717, 1.165) is 43.2 Å². The number of hydrogen-bond acceptors (Lipinski definition) is 3. The van der Waals surface area contributed by atoms with Gasteiger partial charge in [0, 0.05) is 6.04 Å². The van der Waals surface area contributed by atoms with E-state index >= 15 is 0 Å². The van der Waals surface area contributed by atoms with Gasteiger partial charge in [-0.1, -0.05) is 60.7 Å². The van der Waals surface area contributed by atoms with Gasteiger partial charge in [0.15, 0.2) is 0 Å². The fraction of sp³-hybridized carbons (Fsp3) is 0.360. The van der Waals surface area contributed by atoms with Crippen LogP contribution in [-0.4, -0.2) is 23.1 Å². The molecule has 2 aromatic rings. The molecule has 0 aromatic heterocycles. The van der Waals surface area contributed by atoms with Gasteiger partial charge in [0.1, 0.15) is 6.61 Å². The lowest BCUT2D eigenvalue weighted by atomic mass is 9.91. The molecule has 3 aliphatic rings. The summed E-state index contributed by atoms with van der Waals surface area (Å²) in [5.74, 6) is 0. The Bertz CT molecular complexity index is 984. The maximum atomic E-state index is 12.7. The topological polar surface area (TPSA) is 53.3 Å². The van der Waals surface area contributed by atoms with Crippen molar-refractivity contribution in [3.63, 3.8) is 0 Å². The van der Waals surface area contributed by atoms with E-state index in [9.17, 15) is 10.1 Å². The molecule has 0 N–H and O–H groups in total. The molecule has 0 radical (unpaired) electrons. The third-order valence-corrected chi connectivity index (χ3v) is 6.58. The molecule has 4 nitrogen and oxygen atoms in total. The Morgan fingerprint density at radius 1 is 1.10 bits per heavy atom. The third-order valence-electron chi connectivity index (χ3n) is 6.58. The van der Waals surface area contributed by atoms with Gasteiger partial charge in [-0.25, -0.2) is 4.79 Å². The van der Waals surface area contributed by atoms with Crippen molar-refractivity contribution in [2.24, 2.45) is 0 Å². The van der Waals surface area contributed by atoms with Crippen molar-refractivity contribution in [2.75, 3.05) is 0 Å². The number of amides is 1. The van der Waals surface area contributed by atoms with Crippen molar-refractivity contribution in [1.29, 1.82) is 5.26 Å². The SMILES string of the molecule is N#CC1(c2ccc(C3=CC4CCC(C3)N4C(=O)OCc3ccccc3)cc2)CC1. The zero-order valence-corrected chi connectivity index (χ0v) is 16.4. The van der Waals surface area contributed by atoms with Crippen LogP contribution in [0.2, 0.25) is 0 Å². The summed E-state index contributed by atoms with van der Waals surface area (Å²) in [5.41, 5.74) is 4.41. The summed E-state index contributed by atoms with van der Waals surface area (Å²) in [7, 11) is 0. The number of fused-ring (bicyclic) bond motifs is 2. The molecule has 4 heteroatoms. The first-order chi connectivity index (χ1) is 14.2. The predicted octanol–water partition coefficient (Wildman–Crippen LogP) is 5.20. The fourth-order valence-electron chi connectivity index (χ4n) is 4.72. The Kier molecular flexibility index (Phi) is 4.39. The first-order valence-corrected chi connectivity index (χ1v) is 10.4. The Hall–Kier alpha value is -3.06. The molecule has 1 saturated carbocycles. The lowest BCUT2D eigenvalue weighted by molar-refractivity contribution is 0.0832. The average molecular weight is 384 g/mol. The van der Waals surface area contributed by atoms with Gasteiger partial charge in [0.05, 0.1) is 17.5 Å². The van der Waals surface area contributed by atoms with Crippen molar-refractivity contribution in [2.45, 2.75) is 56.2 Å². The van der Waals surface area contributed by atoms with Crippen LogP contribution in [0.25, 0.3) is 5.57 Å². The van der Waals surface area contributed by atoms with E-state index in [1.165, 1.54) is 11.1 Å². The summed E-state index contributed by atoms with van der Waals surface area (Å²) in [6.45, 7) is 0.314. The molecule has 1 saturated heterocycles. The molecule has 146 valence electrons. The molecule has 2 bridgehead atoms. The Balaban J connectivity index is 1.28. The van der Waals surface area contributed by atoms with Gasteiger partial charge in [-0.2, -0.15) is 5.26 Å². The smallest absolute Gasteiger partial charge is 0.410 e. The number of hydrogen-bond donors (Lipinski definition) is 0. The molecule has 2 heterocycles. The van der Waals surface area contributed by atoms with E-state index in [-0.39, 0.29) is 23.6 Å². The van der Waals surface area contributed by atoms with Gasteiger partial charge < -0.3 is 4.74 Å². The second kappa shape index (κ2) is 7.08. The molecule has 0 spiro atoms. The maximum absolute atomic E-state index is 12.7. The van der Waals surface area contributed by atoms with Crippen molar-refractivity contribution >= 4 is 11.7 Å². The van der Waals surface area contributed by atoms with E-state index < -0.39 is 0 Å². The fourth-order valence-corrected chi connectivity index (χ4v) is 4.72. The zero-order chi connectivity index (χ0) is 19.8. The van der Waals surface area contributed by atoms with E-state index in [4.69, 9.17) is 4.74 Å². The highest BCUT2D eigenvalue weighted by atomic mass is 16.6.